The van der Waals surface area contributed by atoms with Crippen molar-refractivity contribution in [1.29, 1.82) is 0 Å². The standard InChI is InChI=1S/C11H19NO4/c1-10(2,3)8(13)7-6-16-11(4,5)12(7)9(14)15/h7H,6H2,1-5H3,(H,14,15)/t7-/m1/s1. The molecule has 0 radical (unpaired) electrons. The molecule has 16 heavy (non-hydrogen) atoms. The second-order valence-electron chi connectivity index (χ2n) is 5.54. The van der Waals surface area contributed by atoms with Gasteiger partial charge in [0.15, 0.2) is 5.78 Å². The lowest BCUT2D eigenvalue weighted by Crippen LogP contribution is -2.52. The fraction of sp³-hybridized carbons (Fsp3) is 0.818. The number of ether oxygens (including phenoxy) is 1. The zero-order valence-electron chi connectivity index (χ0n) is 10.4. The number of hydrogen-bond acceptors (Lipinski definition) is 3. The maximum atomic E-state index is 12.1. The van der Waals surface area contributed by atoms with E-state index in [0.717, 1.165) is 4.90 Å². The first-order valence-corrected chi connectivity index (χ1v) is 5.28. The van der Waals surface area contributed by atoms with Crippen molar-refractivity contribution in [1.82, 2.24) is 4.90 Å². The van der Waals surface area contributed by atoms with E-state index in [0.29, 0.717) is 0 Å². The van der Waals surface area contributed by atoms with Crippen molar-refractivity contribution in [3.05, 3.63) is 0 Å². The summed E-state index contributed by atoms with van der Waals surface area (Å²) in [5.74, 6) is -0.111. The molecule has 0 bridgehead atoms. The highest BCUT2D eigenvalue weighted by molar-refractivity contribution is 5.91. The third kappa shape index (κ3) is 2.19. The lowest BCUT2D eigenvalue weighted by molar-refractivity contribution is -0.131. The van der Waals surface area contributed by atoms with Crippen LogP contribution >= 0.6 is 0 Å². The van der Waals surface area contributed by atoms with Gasteiger partial charge in [0, 0.05) is 5.41 Å². The minimum atomic E-state index is -1.12. The largest absolute Gasteiger partial charge is 0.465 e. The Kier molecular flexibility index (Phi) is 3.02. The monoisotopic (exact) mass is 229 g/mol. The number of carbonyl (C=O) groups is 2. The Morgan fingerprint density at radius 1 is 1.38 bits per heavy atom. The van der Waals surface area contributed by atoms with E-state index in [4.69, 9.17) is 9.84 Å². The quantitative estimate of drug-likeness (QED) is 0.743. The second kappa shape index (κ2) is 3.73. The summed E-state index contributed by atoms with van der Waals surface area (Å²) in [7, 11) is 0. The van der Waals surface area contributed by atoms with E-state index < -0.39 is 23.3 Å². The fourth-order valence-corrected chi connectivity index (χ4v) is 1.86. The summed E-state index contributed by atoms with van der Waals surface area (Å²) in [6.07, 6.45) is -1.12. The topological polar surface area (TPSA) is 66.8 Å². The van der Waals surface area contributed by atoms with Crippen LogP contribution in [0.1, 0.15) is 34.6 Å². The summed E-state index contributed by atoms with van der Waals surface area (Å²) in [5.41, 5.74) is -1.50. The van der Waals surface area contributed by atoms with Crippen LogP contribution in [0, 0.1) is 5.41 Å². The molecule has 1 saturated heterocycles. The molecule has 92 valence electrons. The van der Waals surface area contributed by atoms with Gasteiger partial charge in [-0.25, -0.2) is 4.79 Å². The number of rotatable bonds is 1. The first-order valence-electron chi connectivity index (χ1n) is 5.28. The average Bonchev–Trinajstić information content (AvgIpc) is 2.37. The van der Waals surface area contributed by atoms with Crippen LogP contribution in [0.15, 0.2) is 0 Å². The van der Waals surface area contributed by atoms with Crippen LogP contribution in [0.5, 0.6) is 0 Å². The number of ketones is 1. The van der Waals surface area contributed by atoms with E-state index in [-0.39, 0.29) is 12.4 Å². The van der Waals surface area contributed by atoms with Crippen LogP contribution in [-0.2, 0) is 9.53 Å². The molecule has 0 spiro atoms. The van der Waals surface area contributed by atoms with Crippen molar-refractivity contribution >= 4 is 11.9 Å². The zero-order chi connectivity index (χ0) is 12.7. The van der Waals surface area contributed by atoms with Crippen LogP contribution in [0.2, 0.25) is 0 Å². The molecule has 1 heterocycles. The van der Waals surface area contributed by atoms with Gasteiger partial charge in [-0.2, -0.15) is 0 Å². The third-order valence-electron chi connectivity index (χ3n) is 2.73. The van der Waals surface area contributed by atoms with E-state index in [9.17, 15) is 9.59 Å². The molecule has 1 aliphatic heterocycles. The molecular formula is C11H19NO4. The number of carboxylic acid groups (broad SMARTS) is 1. The Labute approximate surface area is 95.4 Å². The number of Topliss-reactive ketones (excluding diaryl/α,β-unsaturated/α-hetero) is 1. The first kappa shape index (κ1) is 13.0. The minimum absolute atomic E-state index is 0.111. The van der Waals surface area contributed by atoms with E-state index in [2.05, 4.69) is 0 Å². The van der Waals surface area contributed by atoms with Gasteiger partial charge in [-0.3, -0.25) is 9.69 Å². The number of amides is 1. The molecule has 1 amide bonds. The maximum absolute atomic E-state index is 12.1. The molecule has 1 aliphatic rings. The maximum Gasteiger partial charge on any atom is 0.410 e. The molecule has 0 saturated carbocycles. The van der Waals surface area contributed by atoms with Gasteiger partial charge in [0.25, 0.3) is 0 Å². The molecule has 0 aromatic rings. The Morgan fingerprint density at radius 3 is 2.25 bits per heavy atom. The van der Waals surface area contributed by atoms with Crippen molar-refractivity contribution in [2.24, 2.45) is 5.41 Å². The van der Waals surface area contributed by atoms with Gasteiger partial charge < -0.3 is 9.84 Å². The third-order valence-corrected chi connectivity index (χ3v) is 2.73. The summed E-state index contributed by atoms with van der Waals surface area (Å²) in [4.78, 5) is 24.3. The van der Waals surface area contributed by atoms with Crippen LogP contribution < -0.4 is 0 Å². The Hall–Kier alpha value is -1.10. The number of hydrogen-bond donors (Lipinski definition) is 1. The van der Waals surface area contributed by atoms with Gasteiger partial charge in [-0.05, 0) is 13.8 Å². The Morgan fingerprint density at radius 2 is 1.88 bits per heavy atom. The highest BCUT2D eigenvalue weighted by atomic mass is 16.5. The van der Waals surface area contributed by atoms with Gasteiger partial charge >= 0.3 is 6.09 Å². The molecule has 5 heteroatoms. The molecule has 1 rings (SSSR count). The highest BCUT2D eigenvalue weighted by Crippen LogP contribution is 2.31. The van der Waals surface area contributed by atoms with Crippen molar-refractivity contribution in [3.8, 4) is 0 Å². The SMILES string of the molecule is CC(C)(C)C(=O)[C@H]1COC(C)(C)N1C(=O)O. The van der Waals surface area contributed by atoms with Crippen LogP contribution in [0.25, 0.3) is 0 Å². The molecule has 0 aromatic heterocycles. The van der Waals surface area contributed by atoms with Crippen molar-refractivity contribution < 1.29 is 19.4 Å². The van der Waals surface area contributed by atoms with Crippen LogP contribution in [0.3, 0.4) is 0 Å². The highest BCUT2D eigenvalue weighted by Gasteiger charge is 2.49. The lowest BCUT2D eigenvalue weighted by atomic mass is 9.86. The van der Waals surface area contributed by atoms with Gasteiger partial charge in [0.05, 0.1) is 6.61 Å². The summed E-state index contributed by atoms with van der Waals surface area (Å²) in [6, 6.07) is -0.701. The zero-order valence-corrected chi connectivity index (χ0v) is 10.4. The predicted molar refractivity (Wildman–Crippen MR) is 58.1 cm³/mol. The summed E-state index contributed by atoms with van der Waals surface area (Å²) >= 11 is 0. The van der Waals surface area contributed by atoms with Gasteiger partial charge in [0.1, 0.15) is 11.8 Å². The van der Waals surface area contributed by atoms with E-state index in [1.807, 2.05) is 0 Å². The smallest absolute Gasteiger partial charge is 0.410 e. The van der Waals surface area contributed by atoms with E-state index in [1.165, 1.54) is 0 Å². The van der Waals surface area contributed by atoms with Gasteiger partial charge in [-0.15, -0.1) is 0 Å². The second-order valence-corrected chi connectivity index (χ2v) is 5.54. The Bertz CT molecular complexity index is 316. The fourth-order valence-electron chi connectivity index (χ4n) is 1.86. The summed E-state index contributed by atoms with van der Waals surface area (Å²) < 4.78 is 5.37. The molecular weight excluding hydrogens is 210 g/mol. The molecule has 1 N–H and O–H groups in total. The van der Waals surface area contributed by atoms with Crippen molar-refractivity contribution in [2.75, 3.05) is 6.61 Å². The van der Waals surface area contributed by atoms with E-state index >= 15 is 0 Å². The molecule has 5 nitrogen and oxygen atoms in total. The summed E-state index contributed by atoms with van der Waals surface area (Å²) in [6.45, 7) is 8.77. The van der Waals surface area contributed by atoms with Crippen molar-refractivity contribution in [2.45, 2.75) is 46.4 Å². The van der Waals surface area contributed by atoms with Crippen LogP contribution in [0.4, 0.5) is 4.79 Å². The lowest BCUT2D eigenvalue weighted by Gasteiger charge is -2.32. The van der Waals surface area contributed by atoms with Gasteiger partial charge in [0.2, 0.25) is 0 Å². The average molecular weight is 229 g/mol. The first-order chi connectivity index (χ1) is 7.07. The molecule has 1 atom stereocenters. The normalized spacial score (nSPS) is 24.6. The summed E-state index contributed by atoms with van der Waals surface area (Å²) in [5, 5.41) is 9.13. The minimum Gasteiger partial charge on any atom is -0.465 e. The van der Waals surface area contributed by atoms with E-state index in [1.54, 1.807) is 34.6 Å². The molecule has 0 aliphatic carbocycles. The Balaban J connectivity index is 2.99. The van der Waals surface area contributed by atoms with Crippen LogP contribution in [-0.4, -0.2) is 40.3 Å². The molecule has 0 unspecified atom stereocenters. The van der Waals surface area contributed by atoms with Gasteiger partial charge in [-0.1, -0.05) is 20.8 Å². The number of nitrogens with zero attached hydrogens (tertiary/aromatic N) is 1. The van der Waals surface area contributed by atoms with Crippen molar-refractivity contribution in [3.63, 3.8) is 0 Å². The predicted octanol–water partition coefficient (Wildman–Crippen LogP) is 1.72. The number of carbonyl (C=O) groups excluding carboxylic acids is 1. The molecule has 1 fully saturated rings. The molecule has 0 aromatic carbocycles.